The van der Waals surface area contributed by atoms with Crippen LogP contribution in [0.15, 0.2) is 66.3 Å². The minimum Gasteiger partial charge on any atom is -0.494 e. The normalized spacial score (nSPS) is 19.4. The minimum absolute atomic E-state index is 0.159. The first kappa shape index (κ1) is 18.5. The molecule has 0 fully saturated rings. The molecule has 3 rings (SSSR count). The molecule has 0 unspecified atom stereocenters. The van der Waals surface area contributed by atoms with Crippen LogP contribution in [0.2, 0.25) is 0 Å². The first-order valence-corrected chi connectivity index (χ1v) is 9.05. The number of aliphatic hydroxyl groups is 1. The lowest BCUT2D eigenvalue weighted by molar-refractivity contribution is -0.711. The van der Waals surface area contributed by atoms with Crippen LogP contribution in [0.4, 0.5) is 5.69 Å². The fourth-order valence-corrected chi connectivity index (χ4v) is 3.57. The maximum Gasteiger partial charge on any atom is 0.296 e. The maximum atomic E-state index is 12.7. The summed E-state index contributed by atoms with van der Waals surface area (Å²) in [6, 6.07) is 14.8. The number of amides is 1. The Labute approximate surface area is 159 Å². The predicted octanol–water partition coefficient (Wildman–Crippen LogP) is 2.57. The maximum absolute atomic E-state index is 12.7. The third-order valence-electron chi connectivity index (χ3n) is 4.95. The fourth-order valence-electron chi connectivity index (χ4n) is 3.57. The lowest BCUT2D eigenvalue weighted by atomic mass is 9.82. The number of nitrogens with one attached hydrogen (secondary N) is 1. The monoisotopic (exact) mass is 363 g/mol. The van der Waals surface area contributed by atoms with Gasteiger partial charge < -0.3 is 10.0 Å². The van der Waals surface area contributed by atoms with Crippen molar-refractivity contribution in [2.24, 2.45) is 0 Å². The molecule has 6 nitrogen and oxygen atoms in total. The lowest BCUT2D eigenvalue weighted by Gasteiger charge is -2.28. The SMILES string of the molecule is CCN(CC)c1ccc([C@H]2C(C#N)=C(O)NC(=O)[C@@H]2[n+]2ccccc2)cc1. The van der Waals surface area contributed by atoms with E-state index in [-0.39, 0.29) is 17.4 Å². The summed E-state index contributed by atoms with van der Waals surface area (Å²) in [6.07, 6.45) is 3.58. The van der Waals surface area contributed by atoms with E-state index in [1.807, 2.05) is 42.5 Å². The zero-order chi connectivity index (χ0) is 19.4. The molecule has 6 heteroatoms. The van der Waals surface area contributed by atoms with Crippen LogP contribution in [0, 0.1) is 11.3 Å². The molecule has 0 saturated heterocycles. The van der Waals surface area contributed by atoms with E-state index >= 15 is 0 Å². The topological polar surface area (TPSA) is 80.2 Å². The number of carbonyl (C=O) groups is 1. The molecule has 1 aliphatic rings. The number of hydrogen-bond acceptors (Lipinski definition) is 4. The third kappa shape index (κ3) is 3.49. The summed E-state index contributed by atoms with van der Waals surface area (Å²) in [6.45, 7) is 5.99. The van der Waals surface area contributed by atoms with E-state index in [1.165, 1.54) is 0 Å². The van der Waals surface area contributed by atoms with Gasteiger partial charge in [0.05, 0.1) is 5.92 Å². The number of rotatable bonds is 5. The standard InChI is InChI=1S/C21H22N4O2/c1-3-24(4-2)16-10-8-15(9-11-16)18-17(14-22)20(26)23-21(27)19(18)25-12-6-5-7-13-25/h5-13,18-19H,3-4H2,1-2H3,(H-,23,26,27)/p+1/t18-,19+/m0/s1. The molecule has 1 aromatic heterocycles. The Bertz CT molecular complexity index is 881. The molecule has 2 atom stereocenters. The molecular weight excluding hydrogens is 340 g/mol. The number of nitriles is 1. The Morgan fingerprint density at radius 3 is 2.33 bits per heavy atom. The summed E-state index contributed by atoms with van der Waals surface area (Å²) in [5.41, 5.74) is 2.05. The number of allylic oxidation sites excluding steroid dienone is 1. The second kappa shape index (κ2) is 7.92. The number of aliphatic hydroxyl groups excluding tert-OH is 1. The minimum atomic E-state index is -0.656. The van der Waals surface area contributed by atoms with Gasteiger partial charge in [0, 0.05) is 30.9 Å². The second-order valence-electron chi connectivity index (χ2n) is 6.37. The number of pyridine rings is 1. The van der Waals surface area contributed by atoms with E-state index in [9.17, 15) is 15.2 Å². The van der Waals surface area contributed by atoms with Crippen molar-refractivity contribution in [1.29, 1.82) is 5.26 Å². The molecule has 0 bridgehead atoms. The van der Waals surface area contributed by atoms with Gasteiger partial charge >= 0.3 is 0 Å². The molecule has 1 aliphatic heterocycles. The highest BCUT2D eigenvalue weighted by Gasteiger charge is 2.45. The van der Waals surface area contributed by atoms with Gasteiger partial charge in [-0.3, -0.25) is 10.1 Å². The van der Waals surface area contributed by atoms with Gasteiger partial charge in [0.25, 0.3) is 5.91 Å². The van der Waals surface area contributed by atoms with Gasteiger partial charge in [0.2, 0.25) is 11.9 Å². The van der Waals surface area contributed by atoms with Crippen LogP contribution in [0.1, 0.15) is 31.4 Å². The van der Waals surface area contributed by atoms with Gasteiger partial charge in [-0.15, -0.1) is 0 Å². The number of aromatic nitrogens is 1. The smallest absolute Gasteiger partial charge is 0.296 e. The number of anilines is 1. The summed E-state index contributed by atoms with van der Waals surface area (Å²) in [4.78, 5) is 14.9. The molecule has 1 amide bonds. The summed E-state index contributed by atoms with van der Waals surface area (Å²) in [5.74, 6) is -1.28. The largest absolute Gasteiger partial charge is 0.494 e. The van der Waals surface area contributed by atoms with Gasteiger partial charge in [0.1, 0.15) is 11.6 Å². The van der Waals surface area contributed by atoms with Gasteiger partial charge in [-0.25, -0.2) is 0 Å². The van der Waals surface area contributed by atoms with Crippen molar-refractivity contribution in [2.75, 3.05) is 18.0 Å². The Morgan fingerprint density at radius 2 is 1.78 bits per heavy atom. The van der Waals surface area contributed by atoms with Crippen molar-refractivity contribution in [2.45, 2.75) is 25.8 Å². The summed E-state index contributed by atoms with van der Waals surface area (Å²) >= 11 is 0. The predicted molar refractivity (Wildman–Crippen MR) is 102 cm³/mol. The lowest BCUT2D eigenvalue weighted by Crippen LogP contribution is -2.53. The molecule has 0 radical (unpaired) electrons. The number of hydrogen-bond donors (Lipinski definition) is 2. The summed E-state index contributed by atoms with van der Waals surface area (Å²) < 4.78 is 1.77. The van der Waals surface area contributed by atoms with Crippen molar-refractivity contribution in [1.82, 2.24) is 5.32 Å². The molecule has 0 saturated carbocycles. The van der Waals surface area contributed by atoms with E-state index < -0.39 is 12.0 Å². The van der Waals surface area contributed by atoms with Crippen LogP contribution in [0.25, 0.3) is 0 Å². The van der Waals surface area contributed by atoms with Gasteiger partial charge in [-0.05, 0) is 31.5 Å². The molecular formula is C21H23N4O2+. The van der Waals surface area contributed by atoms with Crippen molar-refractivity contribution in [3.05, 3.63) is 71.9 Å². The number of carbonyl (C=O) groups excluding carboxylic acids is 1. The number of benzene rings is 1. The number of nitrogens with zero attached hydrogens (tertiary/aromatic N) is 3. The molecule has 2 aromatic rings. The van der Waals surface area contributed by atoms with Gasteiger partial charge in [-0.1, -0.05) is 18.2 Å². The van der Waals surface area contributed by atoms with Gasteiger partial charge in [0.15, 0.2) is 12.4 Å². The fraction of sp³-hybridized carbons (Fsp3) is 0.286. The van der Waals surface area contributed by atoms with Crippen LogP contribution < -0.4 is 14.8 Å². The zero-order valence-electron chi connectivity index (χ0n) is 15.5. The van der Waals surface area contributed by atoms with Crippen molar-refractivity contribution in [3.8, 4) is 6.07 Å². The van der Waals surface area contributed by atoms with Crippen molar-refractivity contribution in [3.63, 3.8) is 0 Å². The van der Waals surface area contributed by atoms with Crippen LogP contribution >= 0.6 is 0 Å². The van der Waals surface area contributed by atoms with Crippen LogP contribution in [-0.2, 0) is 4.79 Å². The average molecular weight is 363 g/mol. The molecule has 0 aliphatic carbocycles. The molecule has 0 spiro atoms. The van der Waals surface area contributed by atoms with E-state index in [1.54, 1.807) is 17.0 Å². The van der Waals surface area contributed by atoms with Crippen molar-refractivity contribution < 1.29 is 14.5 Å². The highest BCUT2D eigenvalue weighted by Crippen LogP contribution is 2.37. The summed E-state index contributed by atoms with van der Waals surface area (Å²) in [5, 5.41) is 22.2. The molecule has 138 valence electrons. The molecule has 1 aromatic carbocycles. The zero-order valence-corrected chi connectivity index (χ0v) is 15.5. The van der Waals surface area contributed by atoms with Gasteiger partial charge in [-0.2, -0.15) is 9.83 Å². The molecule has 2 N–H and O–H groups in total. The Hall–Kier alpha value is -3.33. The molecule has 27 heavy (non-hydrogen) atoms. The third-order valence-corrected chi connectivity index (χ3v) is 4.95. The Balaban J connectivity index is 2.08. The van der Waals surface area contributed by atoms with E-state index in [0.717, 1.165) is 24.3 Å². The summed E-state index contributed by atoms with van der Waals surface area (Å²) in [7, 11) is 0. The van der Waals surface area contributed by atoms with Crippen LogP contribution in [-0.4, -0.2) is 24.1 Å². The second-order valence-corrected chi connectivity index (χ2v) is 6.37. The Morgan fingerprint density at radius 1 is 1.15 bits per heavy atom. The Kier molecular flexibility index (Phi) is 5.41. The first-order chi connectivity index (χ1) is 13.1. The van der Waals surface area contributed by atoms with E-state index in [0.29, 0.717) is 0 Å². The molecule has 2 heterocycles. The highest BCUT2D eigenvalue weighted by molar-refractivity contribution is 5.84. The van der Waals surface area contributed by atoms with E-state index in [4.69, 9.17) is 0 Å². The van der Waals surface area contributed by atoms with Crippen molar-refractivity contribution >= 4 is 11.6 Å². The average Bonchev–Trinajstić information content (AvgIpc) is 2.69. The van der Waals surface area contributed by atoms with Crippen LogP contribution in [0.5, 0.6) is 0 Å². The highest BCUT2D eigenvalue weighted by atomic mass is 16.3. The first-order valence-electron chi connectivity index (χ1n) is 9.05. The quantitative estimate of drug-likeness (QED) is 0.800. The van der Waals surface area contributed by atoms with E-state index in [2.05, 4.69) is 30.1 Å². The van der Waals surface area contributed by atoms with Crippen LogP contribution in [0.3, 0.4) is 0 Å².